The highest BCUT2D eigenvalue weighted by Gasteiger charge is 2.28. The third kappa shape index (κ3) is 6.69. The van der Waals surface area contributed by atoms with Crippen LogP contribution in [0.25, 0.3) is 11.5 Å². The molecular formula is C25H38N6O2. The van der Waals surface area contributed by atoms with Gasteiger partial charge in [-0.2, -0.15) is 0 Å². The second kappa shape index (κ2) is 10.1. The van der Waals surface area contributed by atoms with Crippen LogP contribution < -0.4 is 10.6 Å². The topological polar surface area (TPSA) is 95.2 Å². The molecule has 0 radical (unpaired) electrons. The molecule has 0 bridgehead atoms. The summed E-state index contributed by atoms with van der Waals surface area (Å²) in [4.78, 5) is 27.1. The van der Waals surface area contributed by atoms with E-state index in [2.05, 4.69) is 22.5 Å². The Morgan fingerprint density at radius 3 is 2.73 bits per heavy atom. The van der Waals surface area contributed by atoms with Gasteiger partial charge in [-0.05, 0) is 71.9 Å². The van der Waals surface area contributed by atoms with Crippen molar-refractivity contribution in [2.45, 2.75) is 77.4 Å². The molecule has 0 aromatic carbocycles. The van der Waals surface area contributed by atoms with E-state index < -0.39 is 5.60 Å². The molecule has 1 unspecified atom stereocenters. The maximum Gasteiger partial charge on any atom is 0.410 e. The number of nitrogens with one attached hydrogen (secondary N) is 3. The van der Waals surface area contributed by atoms with E-state index in [9.17, 15) is 4.79 Å². The maximum absolute atomic E-state index is 12.3. The zero-order valence-corrected chi connectivity index (χ0v) is 20.4. The summed E-state index contributed by atoms with van der Waals surface area (Å²) >= 11 is 0. The number of hydrogen-bond acceptors (Lipinski definition) is 6. The van der Waals surface area contributed by atoms with Gasteiger partial charge in [0.15, 0.2) is 5.82 Å². The predicted octanol–water partition coefficient (Wildman–Crippen LogP) is 4.45. The van der Waals surface area contributed by atoms with Gasteiger partial charge in [0.1, 0.15) is 17.1 Å². The number of hydrogen-bond donors (Lipinski definition) is 3. The first-order chi connectivity index (χ1) is 15.8. The van der Waals surface area contributed by atoms with Crippen LogP contribution in [-0.4, -0.2) is 63.8 Å². The van der Waals surface area contributed by atoms with Crippen molar-refractivity contribution in [2.24, 2.45) is 0 Å². The summed E-state index contributed by atoms with van der Waals surface area (Å²) in [6, 6.07) is 6.42. The molecule has 2 aromatic heterocycles. The number of aromatic amines is 1. The number of aromatic nitrogens is 3. The number of anilines is 1. The van der Waals surface area contributed by atoms with Gasteiger partial charge in [0.2, 0.25) is 0 Å². The number of ether oxygens (including phenoxy) is 1. The molecular weight excluding hydrogens is 416 g/mol. The fraction of sp³-hybridized carbons (Fsp3) is 0.640. The van der Waals surface area contributed by atoms with Gasteiger partial charge in [-0.15, -0.1) is 0 Å². The second-order valence-corrected chi connectivity index (χ2v) is 10.2. The molecule has 3 heterocycles. The molecule has 0 spiro atoms. The molecule has 2 aliphatic rings. The van der Waals surface area contributed by atoms with Crippen LogP contribution in [0.4, 0.5) is 10.6 Å². The van der Waals surface area contributed by atoms with E-state index in [0.717, 1.165) is 68.5 Å². The van der Waals surface area contributed by atoms with Gasteiger partial charge in [-0.1, -0.05) is 6.07 Å². The van der Waals surface area contributed by atoms with Crippen LogP contribution in [0.2, 0.25) is 0 Å². The van der Waals surface area contributed by atoms with Gasteiger partial charge in [-0.25, -0.2) is 14.8 Å². The fourth-order valence-electron chi connectivity index (χ4n) is 4.31. The van der Waals surface area contributed by atoms with Crippen molar-refractivity contribution in [2.75, 3.05) is 31.5 Å². The van der Waals surface area contributed by atoms with Crippen LogP contribution in [0.15, 0.2) is 18.2 Å². The van der Waals surface area contributed by atoms with Gasteiger partial charge in [-0.3, -0.25) is 0 Å². The SMILES string of the molecule is Cc1nc(-c2cccc(NCCNC3CCCN(C(=O)OC(C)(C)C)CC3)n2)[nH]c1C1CC1. The first-order valence-corrected chi connectivity index (χ1v) is 12.3. The van der Waals surface area contributed by atoms with E-state index in [0.29, 0.717) is 12.0 Å². The average Bonchev–Trinajstić information content (AvgIpc) is 3.56. The van der Waals surface area contributed by atoms with Crippen molar-refractivity contribution in [1.29, 1.82) is 0 Å². The zero-order chi connectivity index (χ0) is 23.4. The molecule has 4 rings (SSSR count). The summed E-state index contributed by atoms with van der Waals surface area (Å²) < 4.78 is 5.52. The first kappa shape index (κ1) is 23.5. The quantitative estimate of drug-likeness (QED) is 0.535. The molecule has 2 fully saturated rings. The number of nitrogens with zero attached hydrogens (tertiary/aromatic N) is 3. The molecule has 1 aliphatic carbocycles. The molecule has 1 atom stereocenters. The minimum Gasteiger partial charge on any atom is -0.444 e. The van der Waals surface area contributed by atoms with Crippen LogP contribution in [0.5, 0.6) is 0 Å². The standard InChI is InChI=1S/C25H38N6O2/c1-17-22(18-10-11-18)30-23(28-17)20-8-5-9-21(29-20)27-14-13-26-19-7-6-15-31(16-12-19)24(32)33-25(2,3)4/h5,8-9,18-19,26H,6-7,10-16H2,1-4H3,(H,27,29)(H,28,30). The zero-order valence-electron chi connectivity index (χ0n) is 20.4. The lowest BCUT2D eigenvalue weighted by atomic mass is 10.1. The highest BCUT2D eigenvalue weighted by Crippen LogP contribution is 2.41. The van der Waals surface area contributed by atoms with Crippen LogP contribution >= 0.6 is 0 Å². The number of aryl methyl sites for hydroxylation is 1. The lowest BCUT2D eigenvalue weighted by Crippen LogP contribution is -2.38. The number of pyridine rings is 1. The van der Waals surface area contributed by atoms with Gasteiger partial charge >= 0.3 is 6.09 Å². The largest absolute Gasteiger partial charge is 0.444 e. The Kier molecular flexibility index (Phi) is 7.22. The van der Waals surface area contributed by atoms with E-state index in [4.69, 9.17) is 14.7 Å². The maximum atomic E-state index is 12.3. The van der Waals surface area contributed by atoms with E-state index in [-0.39, 0.29) is 6.09 Å². The summed E-state index contributed by atoms with van der Waals surface area (Å²) in [5.74, 6) is 2.36. The molecule has 2 aromatic rings. The van der Waals surface area contributed by atoms with Crippen molar-refractivity contribution in [3.05, 3.63) is 29.6 Å². The smallest absolute Gasteiger partial charge is 0.410 e. The molecule has 33 heavy (non-hydrogen) atoms. The minimum absolute atomic E-state index is 0.202. The minimum atomic E-state index is -0.451. The number of likely N-dealkylation sites (tertiary alicyclic amines) is 1. The highest BCUT2D eigenvalue weighted by atomic mass is 16.6. The fourth-order valence-corrected chi connectivity index (χ4v) is 4.31. The second-order valence-electron chi connectivity index (χ2n) is 10.2. The summed E-state index contributed by atoms with van der Waals surface area (Å²) in [5, 5.41) is 7.05. The molecule has 1 amide bonds. The molecule has 1 aliphatic heterocycles. The van der Waals surface area contributed by atoms with E-state index in [1.807, 2.05) is 43.9 Å². The Labute approximate surface area is 196 Å². The third-order valence-electron chi connectivity index (χ3n) is 6.14. The molecule has 1 saturated heterocycles. The van der Waals surface area contributed by atoms with Crippen LogP contribution in [0.1, 0.15) is 70.2 Å². The normalized spacial score (nSPS) is 19.3. The van der Waals surface area contributed by atoms with Crippen molar-refractivity contribution in [3.63, 3.8) is 0 Å². The lowest BCUT2D eigenvalue weighted by Gasteiger charge is -2.26. The van der Waals surface area contributed by atoms with Crippen LogP contribution in [0.3, 0.4) is 0 Å². The van der Waals surface area contributed by atoms with E-state index in [1.165, 1.54) is 18.5 Å². The Balaban J connectivity index is 1.21. The third-order valence-corrected chi connectivity index (χ3v) is 6.14. The predicted molar refractivity (Wildman–Crippen MR) is 130 cm³/mol. The van der Waals surface area contributed by atoms with Crippen molar-refractivity contribution < 1.29 is 9.53 Å². The molecule has 180 valence electrons. The Bertz CT molecular complexity index is 947. The van der Waals surface area contributed by atoms with Crippen LogP contribution in [-0.2, 0) is 4.74 Å². The number of amides is 1. The van der Waals surface area contributed by atoms with Crippen molar-refractivity contribution in [1.82, 2.24) is 25.2 Å². The highest BCUT2D eigenvalue weighted by molar-refractivity contribution is 5.68. The van der Waals surface area contributed by atoms with Gasteiger partial charge in [0.25, 0.3) is 0 Å². The Hall–Kier alpha value is -2.61. The average molecular weight is 455 g/mol. The van der Waals surface area contributed by atoms with Crippen molar-refractivity contribution >= 4 is 11.9 Å². The monoisotopic (exact) mass is 454 g/mol. The molecule has 3 N–H and O–H groups in total. The first-order valence-electron chi connectivity index (χ1n) is 12.3. The van der Waals surface area contributed by atoms with Gasteiger partial charge in [0.05, 0.1) is 5.69 Å². The number of rotatable bonds is 7. The van der Waals surface area contributed by atoms with Gasteiger partial charge in [0, 0.05) is 43.8 Å². The number of carbonyl (C=O) groups excluding carboxylic acids is 1. The Morgan fingerprint density at radius 1 is 1.15 bits per heavy atom. The molecule has 8 nitrogen and oxygen atoms in total. The molecule has 8 heteroatoms. The summed E-state index contributed by atoms with van der Waals surface area (Å²) in [6.07, 6.45) is 5.29. The summed E-state index contributed by atoms with van der Waals surface area (Å²) in [7, 11) is 0. The molecule has 1 saturated carbocycles. The number of imidazole rings is 1. The summed E-state index contributed by atoms with van der Waals surface area (Å²) in [5.41, 5.74) is 2.77. The van der Waals surface area contributed by atoms with E-state index >= 15 is 0 Å². The number of carbonyl (C=O) groups is 1. The van der Waals surface area contributed by atoms with Gasteiger partial charge < -0.3 is 25.3 Å². The number of H-pyrrole nitrogens is 1. The van der Waals surface area contributed by atoms with Crippen molar-refractivity contribution in [3.8, 4) is 11.5 Å². The van der Waals surface area contributed by atoms with E-state index in [1.54, 1.807) is 0 Å². The van der Waals surface area contributed by atoms with Crippen LogP contribution in [0, 0.1) is 6.92 Å². The Morgan fingerprint density at radius 2 is 1.97 bits per heavy atom. The lowest BCUT2D eigenvalue weighted by molar-refractivity contribution is 0.0256. The summed E-state index contributed by atoms with van der Waals surface area (Å²) in [6.45, 7) is 10.9.